The Morgan fingerprint density at radius 2 is 2.23 bits per heavy atom. The maximum Gasteiger partial charge on any atom is 0.259 e. The highest BCUT2D eigenvalue weighted by molar-refractivity contribution is 7.15. The molecule has 1 atom stereocenters. The molecule has 1 aromatic heterocycles. The Kier molecular flexibility index (Phi) is 4.40. The van der Waals surface area contributed by atoms with Crippen molar-refractivity contribution < 1.29 is 14.6 Å². The van der Waals surface area contributed by atoms with Crippen LogP contribution in [-0.4, -0.2) is 23.1 Å². The van der Waals surface area contributed by atoms with E-state index < -0.39 is 12.0 Å². The molecule has 1 amide bonds. The second-order valence-corrected chi connectivity index (χ2v) is 6.35. The second-order valence-electron chi connectivity index (χ2n) is 5.26. The Balaban J connectivity index is 1.71. The number of nitrogens with one attached hydrogen (secondary N) is 1. The zero-order chi connectivity index (χ0) is 15.5. The molecule has 2 aromatic rings. The Labute approximate surface area is 133 Å². The summed E-state index contributed by atoms with van der Waals surface area (Å²) in [6, 6.07) is 6.85. The Morgan fingerprint density at radius 1 is 1.41 bits per heavy atom. The maximum absolute atomic E-state index is 12.2. The molecule has 5 nitrogen and oxygen atoms in total. The Hall–Kier alpha value is -1.92. The summed E-state index contributed by atoms with van der Waals surface area (Å²) in [5, 5.41) is 13.5. The predicted octanol–water partition coefficient (Wildman–Crippen LogP) is 2.70. The summed E-state index contributed by atoms with van der Waals surface area (Å²) in [6.07, 6.45) is 3.09. The SMILES string of the molecule is COc1cccc(C(O)C(=O)Nc2nc3c(s2)CCCC3)c1. The number of carbonyl (C=O) groups excluding carboxylic acids is 1. The van der Waals surface area contributed by atoms with Gasteiger partial charge in [-0.1, -0.05) is 12.1 Å². The number of thiazole rings is 1. The van der Waals surface area contributed by atoms with Crippen LogP contribution in [0.4, 0.5) is 5.13 Å². The fourth-order valence-corrected chi connectivity index (χ4v) is 3.59. The van der Waals surface area contributed by atoms with Crippen LogP contribution in [0.5, 0.6) is 5.75 Å². The Bertz CT molecular complexity index is 660. The molecule has 0 aliphatic heterocycles. The van der Waals surface area contributed by atoms with Crippen molar-refractivity contribution in [3.05, 3.63) is 40.4 Å². The van der Waals surface area contributed by atoms with Crippen LogP contribution in [0.1, 0.15) is 35.1 Å². The highest BCUT2D eigenvalue weighted by atomic mass is 32.1. The van der Waals surface area contributed by atoms with Crippen molar-refractivity contribution >= 4 is 22.4 Å². The number of aliphatic hydroxyl groups excluding tert-OH is 1. The summed E-state index contributed by atoms with van der Waals surface area (Å²) in [7, 11) is 1.55. The smallest absolute Gasteiger partial charge is 0.259 e. The minimum absolute atomic E-state index is 0.473. The van der Waals surface area contributed by atoms with Gasteiger partial charge in [-0.3, -0.25) is 10.1 Å². The van der Waals surface area contributed by atoms with E-state index in [0.29, 0.717) is 16.4 Å². The van der Waals surface area contributed by atoms with Crippen molar-refractivity contribution in [2.24, 2.45) is 0 Å². The first kappa shape index (κ1) is 15.0. The van der Waals surface area contributed by atoms with Gasteiger partial charge in [0.2, 0.25) is 0 Å². The summed E-state index contributed by atoms with van der Waals surface area (Å²) < 4.78 is 5.11. The summed E-state index contributed by atoms with van der Waals surface area (Å²) in [4.78, 5) is 17.9. The highest BCUT2D eigenvalue weighted by Gasteiger charge is 2.21. The van der Waals surface area contributed by atoms with Crippen LogP contribution in [-0.2, 0) is 17.6 Å². The Morgan fingerprint density at radius 3 is 3.00 bits per heavy atom. The summed E-state index contributed by atoms with van der Waals surface area (Å²) in [5.41, 5.74) is 1.58. The lowest BCUT2D eigenvalue weighted by atomic mass is 10.0. The average Bonchev–Trinajstić information content (AvgIpc) is 2.96. The van der Waals surface area contributed by atoms with E-state index in [1.807, 2.05) is 0 Å². The number of aliphatic hydroxyl groups is 1. The molecule has 0 fully saturated rings. The molecule has 1 aromatic carbocycles. The fourth-order valence-electron chi connectivity index (χ4n) is 2.54. The number of amides is 1. The van der Waals surface area contributed by atoms with Crippen LogP contribution >= 0.6 is 11.3 Å². The number of nitrogens with zero attached hydrogens (tertiary/aromatic N) is 1. The predicted molar refractivity (Wildman–Crippen MR) is 85.3 cm³/mol. The first-order valence-electron chi connectivity index (χ1n) is 7.29. The number of benzene rings is 1. The molecule has 116 valence electrons. The number of fused-ring (bicyclic) bond motifs is 1. The van der Waals surface area contributed by atoms with Gasteiger partial charge in [0.1, 0.15) is 5.75 Å². The van der Waals surface area contributed by atoms with E-state index in [1.54, 1.807) is 31.4 Å². The van der Waals surface area contributed by atoms with E-state index in [4.69, 9.17) is 4.74 Å². The number of ether oxygens (including phenoxy) is 1. The van der Waals surface area contributed by atoms with Crippen LogP contribution in [0.3, 0.4) is 0 Å². The van der Waals surface area contributed by atoms with Crippen molar-refractivity contribution in [1.29, 1.82) is 0 Å². The topological polar surface area (TPSA) is 71.5 Å². The van der Waals surface area contributed by atoms with E-state index >= 15 is 0 Å². The molecule has 0 bridgehead atoms. The van der Waals surface area contributed by atoms with Crippen molar-refractivity contribution in [3.63, 3.8) is 0 Å². The van der Waals surface area contributed by atoms with Crippen LogP contribution in [0.2, 0.25) is 0 Å². The third kappa shape index (κ3) is 3.13. The number of hydrogen-bond donors (Lipinski definition) is 2. The number of aryl methyl sites for hydroxylation is 2. The molecule has 3 rings (SSSR count). The van der Waals surface area contributed by atoms with E-state index in [2.05, 4.69) is 10.3 Å². The first-order chi connectivity index (χ1) is 10.7. The van der Waals surface area contributed by atoms with Gasteiger partial charge in [0.15, 0.2) is 11.2 Å². The van der Waals surface area contributed by atoms with Crippen molar-refractivity contribution in [1.82, 2.24) is 4.98 Å². The van der Waals surface area contributed by atoms with E-state index in [9.17, 15) is 9.90 Å². The normalized spacial score (nSPS) is 15.0. The minimum Gasteiger partial charge on any atom is -0.497 e. The molecule has 6 heteroatoms. The van der Waals surface area contributed by atoms with Crippen LogP contribution in [0.25, 0.3) is 0 Å². The number of hydrogen-bond acceptors (Lipinski definition) is 5. The van der Waals surface area contributed by atoms with Gasteiger partial charge in [-0.2, -0.15) is 0 Å². The molecule has 22 heavy (non-hydrogen) atoms. The van der Waals surface area contributed by atoms with Crippen molar-refractivity contribution in [2.75, 3.05) is 12.4 Å². The molecular weight excluding hydrogens is 300 g/mol. The highest BCUT2D eigenvalue weighted by Crippen LogP contribution is 2.30. The van der Waals surface area contributed by atoms with Gasteiger partial charge >= 0.3 is 0 Å². The molecule has 1 aliphatic carbocycles. The summed E-state index contributed by atoms with van der Waals surface area (Å²) in [5.74, 6) is 0.133. The van der Waals surface area contributed by atoms with Gasteiger partial charge in [-0.05, 0) is 43.4 Å². The molecular formula is C16H18N2O3S. The zero-order valence-corrected chi connectivity index (χ0v) is 13.2. The van der Waals surface area contributed by atoms with Gasteiger partial charge < -0.3 is 9.84 Å². The molecule has 0 spiro atoms. The number of rotatable bonds is 4. The molecule has 1 unspecified atom stereocenters. The van der Waals surface area contributed by atoms with E-state index in [1.165, 1.54) is 22.6 Å². The van der Waals surface area contributed by atoms with Gasteiger partial charge in [0.25, 0.3) is 5.91 Å². The van der Waals surface area contributed by atoms with E-state index in [0.717, 1.165) is 25.0 Å². The first-order valence-corrected chi connectivity index (χ1v) is 8.10. The lowest BCUT2D eigenvalue weighted by molar-refractivity contribution is -0.124. The number of aromatic nitrogens is 1. The maximum atomic E-state index is 12.2. The standard InChI is InChI=1S/C16H18N2O3S/c1-21-11-6-4-5-10(9-11)14(19)15(20)18-16-17-12-7-2-3-8-13(12)22-16/h4-6,9,14,19H,2-3,7-8H2,1H3,(H,17,18,20). The zero-order valence-electron chi connectivity index (χ0n) is 12.3. The molecule has 0 radical (unpaired) electrons. The molecule has 1 heterocycles. The number of anilines is 1. The quantitative estimate of drug-likeness (QED) is 0.909. The fraction of sp³-hybridized carbons (Fsp3) is 0.375. The van der Waals surface area contributed by atoms with Gasteiger partial charge in [0.05, 0.1) is 12.8 Å². The van der Waals surface area contributed by atoms with Gasteiger partial charge in [-0.25, -0.2) is 4.98 Å². The second kappa shape index (κ2) is 6.46. The van der Waals surface area contributed by atoms with Crippen LogP contribution < -0.4 is 10.1 Å². The largest absolute Gasteiger partial charge is 0.497 e. The molecule has 1 aliphatic rings. The number of carbonyl (C=O) groups is 1. The lowest BCUT2D eigenvalue weighted by Gasteiger charge is -2.11. The summed E-state index contributed by atoms with van der Waals surface area (Å²) in [6.45, 7) is 0. The third-order valence-corrected chi connectivity index (χ3v) is 4.81. The molecule has 0 saturated carbocycles. The van der Waals surface area contributed by atoms with Gasteiger partial charge in [-0.15, -0.1) is 11.3 Å². The average molecular weight is 318 g/mol. The minimum atomic E-state index is -1.24. The monoisotopic (exact) mass is 318 g/mol. The van der Waals surface area contributed by atoms with E-state index in [-0.39, 0.29) is 0 Å². The lowest BCUT2D eigenvalue weighted by Crippen LogP contribution is -2.20. The van der Waals surface area contributed by atoms with Crippen molar-refractivity contribution in [3.8, 4) is 5.75 Å². The summed E-state index contributed by atoms with van der Waals surface area (Å²) >= 11 is 1.51. The van der Waals surface area contributed by atoms with Crippen molar-refractivity contribution in [2.45, 2.75) is 31.8 Å². The molecule has 2 N–H and O–H groups in total. The molecule has 0 saturated heterocycles. The number of methoxy groups -OCH3 is 1. The van der Waals surface area contributed by atoms with Crippen LogP contribution in [0.15, 0.2) is 24.3 Å². The van der Waals surface area contributed by atoms with Crippen LogP contribution in [0, 0.1) is 0 Å². The third-order valence-electron chi connectivity index (χ3n) is 3.73. The van der Waals surface area contributed by atoms with Gasteiger partial charge in [0, 0.05) is 4.88 Å².